The van der Waals surface area contributed by atoms with Crippen molar-refractivity contribution in [1.29, 1.82) is 0 Å². The van der Waals surface area contributed by atoms with Gasteiger partial charge in [0.15, 0.2) is 11.6 Å². The summed E-state index contributed by atoms with van der Waals surface area (Å²) in [6, 6.07) is 4.75. The summed E-state index contributed by atoms with van der Waals surface area (Å²) in [6.07, 6.45) is 3.44. The Hall–Kier alpha value is -2.19. The van der Waals surface area contributed by atoms with Gasteiger partial charge in [0.25, 0.3) is 0 Å². The molecule has 0 spiro atoms. The van der Waals surface area contributed by atoms with Crippen LogP contribution in [0.3, 0.4) is 0 Å². The number of carbonyl (C=O) groups excluding carboxylic acids is 2. The van der Waals surface area contributed by atoms with E-state index < -0.39 is 5.82 Å². The molecule has 0 bridgehead atoms. The van der Waals surface area contributed by atoms with E-state index in [1.54, 1.807) is 24.1 Å². The number of hydrogen-bond donors (Lipinski definition) is 0. The fourth-order valence-corrected chi connectivity index (χ4v) is 4.02. The Balaban J connectivity index is 1.40. The van der Waals surface area contributed by atoms with Gasteiger partial charge in [0.1, 0.15) is 0 Å². The van der Waals surface area contributed by atoms with Crippen molar-refractivity contribution in [3.63, 3.8) is 0 Å². The third-order valence-electron chi connectivity index (χ3n) is 5.95. The standard InChI is InChI=1S/C22H33FN4O3/c1-24(15-18-6-7-20(30-2)19(23)14-18)21(28)16-25-10-12-26(13-11-25)17-22(29)27-8-4-3-5-9-27/h6-7,14H,3-5,8-13,15-17H2,1-2H3. The molecule has 1 aromatic carbocycles. The highest BCUT2D eigenvalue weighted by molar-refractivity contribution is 5.78. The van der Waals surface area contributed by atoms with Gasteiger partial charge in [-0.25, -0.2) is 4.39 Å². The minimum absolute atomic E-state index is 0.00377. The third kappa shape index (κ3) is 6.15. The van der Waals surface area contributed by atoms with E-state index in [0.717, 1.165) is 57.7 Å². The second-order valence-corrected chi connectivity index (χ2v) is 8.21. The summed E-state index contributed by atoms with van der Waals surface area (Å²) in [5.41, 5.74) is 0.727. The number of likely N-dealkylation sites (tertiary alicyclic amines) is 1. The van der Waals surface area contributed by atoms with Crippen LogP contribution in [0, 0.1) is 5.82 Å². The monoisotopic (exact) mass is 420 g/mol. The minimum atomic E-state index is -0.425. The fraction of sp³-hybridized carbons (Fsp3) is 0.636. The molecule has 0 aliphatic carbocycles. The molecule has 0 saturated carbocycles. The van der Waals surface area contributed by atoms with Crippen molar-refractivity contribution in [3.8, 4) is 5.75 Å². The average molecular weight is 421 g/mol. The summed E-state index contributed by atoms with van der Waals surface area (Å²) < 4.78 is 18.8. The van der Waals surface area contributed by atoms with Crippen LogP contribution >= 0.6 is 0 Å². The summed E-state index contributed by atoms with van der Waals surface area (Å²) in [5, 5.41) is 0. The van der Waals surface area contributed by atoms with Gasteiger partial charge in [-0.05, 0) is 37.0 Å². The predicted octanol–water partition coefficient (Wildman–Crippen LogP) is 1.42. The van der Waals surface area contributed by atoms with Crippen LogP contribution in [0.25, 0.3) is 0 Å². The Labute approximate surface area is 178 Å². The zero-order valence-electron chi connectivity index (χ0n) is 18.1. The Kier molecular flexibility index (Phi) is 8.04. The Morgan fingerprint density at radius 1 is 1.00 bits per heavy atom. The van der Waals surface area contributed by atoms with Crippen LogP contribution in [0.1, 0.15) is 24.8 Å². The van der Waals surface area contributed by atoms with Gasteiger partial charge in [-0.2, -0.15) is 0 Å². The molecule has 166 valence electrons. The van der Waals surface area contributed by atoms with Gasteiger partial charge >= 0.3 is 0 Å². The number of nitrogens with zero attached hydrogens (tertiary/aromatic N) is 4. The largest absolute Gasteiger partial charge is 0.494 e. The molecule has 0 aromatic heterocycles. The molecule has 2 aliphatic rings. The molecule has 2 heterocycles. The second kappa shape index (κ2) is 10.7. The first-order valence-electron chi connectivity index (χ1n) is 10.7. The van der Waals surface area contributed by atoms with E-state index in [2.05, 4.69) is 9.80 Å². The highest BCUT2D eigenvalue weighted by Gasteiger charge is 2.24. The lowest BCUT2D eigenvalue weighted by molar-refractivity contribution is -0.135. The molecule has 30 heavy (non-hydrogen) atoms. The maximum atomic E-state index is 13.9. The van der Waals surface area contributed by atoms with Crippen LogP contribution in [0.15, 0.2) is 18.2 Å². The van der Waals surface area contributed by atoms with Gasteiger partial charge in [0.2, 0.25) is 11.8 Å². The van der Waals surface area contributed by atoms with Gasteiger partial charge in [-0.15, -0.1) is 0 Å². The molecule has 1 aromatic rings. The number of amides is 2. The summed E-state index contributed by atoms with van der Waals surface area (Å²) in [7, 11) is 3.16. The van der Waals surface area contributed by atoms with E-state index in [-0.39, 0.29) is 17.6 Å². The minimum Gasteiger partial charge on any atom is -0.494 e. The van der Waals surface area contributed by atoms with E-state index in [0.29, 0.717) is 19.6 Å². The highest BCUT2D eigenvalue weighted by atomic mass is 19.1. The second-order valence-electron chi connectivity index (χ2n) is 8.21. The zero-order valence-corrected chi connectivity index (χ0v) is 18.1. The van der Waals surface area contributed by atoms with Crippen molar-refractivity contribution in [1.82, 2.24) is 19.6 Å². The Morgan fingerprint density at radius 2 is 1.63 bits per heavy atom. The molecule has 0 radical (unpaired) electrons. The number of ether oxygens (including phenoxy) is 1. The van der Waals surface area contributed by atoms with Crippen molar-refractivity contribution in [3.05, 3.63) is 29.6 Å². The summed E-state index contributed by atoms with van der Waals surface area (Å²) in [4.78, 5) is 32.9. The molecule has 7 nitrogen and oxygen atoms in total. The first kappa shape index (κ1) is 22.5. The molecule has 0 atom stereocenters. The fourth-order valence-electron chi connectivity index (χ4n) is 4.02. The van der Waals surface area contributed by atoms with Crippen molar-refractivity contribution in [2.24, 2.45) is 0 Å². The third-order valence-corrected chi connectivity index (χ3v) is 5.95. The lowest BCUT2D eigenvalue weighted by atomic mass is 10.1. The molecule has 8 heteroatoms. The number of halogens is 1. The number of carbonyl (C=O) groups is 2. The van der Waals surface area contributed by atoms with Crippen LogP contribution in [-0.2, 0) is 16.1 Å². The quantitative estimate of drug-likeness (QED) is 0.668. The number of piperazine rings is 1. The number of hydrogen-bond acceptors (Lipinski definition) is 5. The van der Waals surface area contributed by atoms with Crippen LogP contribution in [-0.4, -0.2) is 97.9 Å². The highest BCUT2D eigenvalue weighted by Crippen LogP contribution is 2.18. The molecule has 2 aliphatic heterocycles. The van der Waals surface area contributed by atoms with Crippen LogP contribution in [0.4, 0.5) is 4.39 Å². The zero-order chi connectivity index (χ0) is 21.5. The topological polar surface area (TPSA) is 56.3 Å². The van der Waals surface area contributed by atoms with E-state index in [9.17, 15) is 14.0 Å². The van der Waals surface area contributed by atoms with Crippen molar-refractivity contribution in [2.45, 2.75) is 25.8 Å². The Bertz CT molecular complexity index is 731. The molecule has 2 saturated heterocycles. The maximum Gasteiger partial charge on any atom is 0.236 e. The number of benzene rings is 1. The van der Waals surface area contributed by atoms with Gasteiger partial charge in [-0.1, -0.05) is 6.07 Å². The van der Waals surface area contributed by atoms with Crippen molar-refractivity contribution >= 4 is 11.8 Å². The molecule has 0 unspecified atom stereocenters. The van der Waals surface area contributed by atoms with Gasteiger partial charge in [0, 0.05) is 52.9 Å². The van der Waals surface area contributed by atoms with Crippen LogP contribution < -0.4 is 4.74 Å². The number of piperidine rings is 1. The predicted molar refractivity (Wildman–Crippen MR) is 113 cm³/mol. The van der Waals surface area contributed by atoms with E-state index >= 15 is 0 Å². The molecule has 3 rings (SSSR count). The van der Waals surface area contributed by atoms with Crippen LogP contribution in [0.5, 0.6) is 5.75 Å². The number of likely N-dealkylation sites (N-methyl/N-ethyl adjacent to an activating group) is 1. The molecule has 2 amide bonds. The van der Waals surface area contributed by atoms with Crippen LogP contribution in [0.2, 0.25) is 0 Å². The van der Waals surface area contributed by atoms with Gasteiger partial charge < -0.3 is 14.5 Å². The lowest BCUT2D eigenvalue weighted by Crippen LogP contribution is -2.52. The number of rotatable bonds is 7. The first-order chi connectivity index (χ1) is 14.5. The van der Waals surface area contributed by atoms with Crippen molar-refractivity contribution < 1.29 is 18.7 Å². The lowest BCUT2D eigenvalue weighted by Gasteiger charge is -2.36. The van der Waals surface area contributed by atoms with E-state index in [1.165, 1.54) is 19.6 Å². The van der Waals surface area contributed by atoms with Crippen molar-refractivity contribution in [2.75, 3.05) is 66.5 Å². The summed E-state index contributed by atoms with van der Waals surface area (Å²) in [5.74, 6) is 0.00481. The SMILES string of the molecule is COc1ccc(CN(C)C(=O)CN2CCN(CC(=O)N3CCCCC3)CC2)cc1F. The van der Waals surface area contributed by atoms with E-state index in [4.69, 9.17) is 4.74 Å². The summed E-state index contributed by atoms with van der Waals surface area (Å²) >= 11 is 0. The molecular weight excluding hydrogens is 387 g/mol. The molecule has 0 N–H and O–H groups in total. The van der Waals surface area contributed by atoms with Gasteiger partial charge in [-0.3, -0.25) is 19.4 Å². The Morgan fingerprint density at radius 3 is 2.23 bits per heavy atom. The summed E-state index contributed by atoms with van der Waals surface area (Å²) in [6.45, 7) is 6.06. The van der Waals surface area contributed by atoms with Gasteiger partial charge in [0.05, 0.1) is 20.2 Å². The normalized spacial score (nSPS) is 18.3. The average Bonchev–Trinajstić information content (AvgIpc) is 2.75. The first-order valence-corrected chi connectivity index (χ1v) is 10.7. The molecular formula is C22H33FN4O3. The molecule has 2 fully saturated rings. The number of methoxy groups -OCH3 is 1. The maximum absolute atomic E-state index is 13.9. The van der Waals surface area contributed by atoms with E-state index in [1.807, 2.05) is 4.90 Å². The smallest absolute Gasteiger partial charge is 0.236 e.